The molecule has 0 radical (unpaired) electrons. The molecule has 0 heterocycles. The summed E-state index contributed by atoms with van der Waals surface area (Å²) in [5.74, 6) is 1.31. The van der Waals surface area contributed by atoms with E-state index in [4.69, 9.17) is 9.47 Å². The highest BCUT2D eigenvalue weighted by molar-refractivity contribution is 5.89. The molecular formula is C24H34N2O3. The van der Waals surface area contributed by atoms with Gasteiger partial charge in [-0.15, -0.1) is 0 Å². The Balaban J connectivity index is 1.85. The van der Waals surface area contributed by atoms with Crippen LogP contribution in [0.3, 0.4) is 0 Å². The highest BCUT2D eigenvalue weighted by Gasteiger charge is 2.11. The van der Waals surface area contributed by atoms with E-state index in [-0.39, 0.29) is 12.1 Å². The van der Waals surface area contributed by atoms with Crippen molar-refractivity contribution in [1.29, 1.82) is 0 Å². The zero-order valence-corrected chi connectivity index (χ0v) is 17.9. The van der Waals surface area contributed by atoms with Crippen LogP contribution in [0.25, 0.3) is 0 Å². The van der Waals surface area contributed by atoms with E-state index in [1.54, 1.807) is 7.11 Å². The minimum atomic E-state index is -0.256. The molecule has 2 amide bonds. The fraction of sp³-hybridized carbons (Fsp3) is 0.458. The second kappa shape index (κ2) is 12.7. The number of amides is 2. The predicted octanol–water partition coefficient (Wildman–Crippen LogP) is 6.32. The van der Waals surface area contributed by atoms with Crippen molar-refractivity contribution in [2.75, 3.05) is 19.0 Å². The van der Waals surface area contributed by atoms with Crippen molar-refractivity contribution in [3.8, 4) is 11.5 Å². The van der Waals surface area contributed by atoms with Gasteiger partial charge in [0.2, 0.25) is 0 Å². The average Bonchev–Trinajstić information content (AvgIpc) is 2.74. The van der Waals surface area contributed by atoms with Crippen LogP contribution in [-0.4, -0.2) is 19.7 Å². The number of carbonyl (C=O) groups excluding carboxylic acids is 1. The number of hydrogen-bond acceptors (Lipinski definition) is 3. The van der Waals surface area contributed by atoms with Gasteiger partial charge < -0.3 is 20.1 Å². The van der Waals surface area contributed by atoms with Gasteiger partial charge in [0.25, 0.3) is 0 Å². The largest absolute Gasteiger partial charge is 0.493 e. The monoisotopic (exact) mass is 398 g/mol. The molecule has 0 aliphatic heterocycles. The Hall–Kier alpha value is -2.69. The number of carbonyl (C=O) groups is 1. The lowest BCUT2D eigenvalue weighted by molar-refractivity contribution is 0.249. The Kier molecular flexibility index (Phi) is 9.90. The molecule has 0 unspecified atom stereocenters. The van der Waals surface area contributed by atoms with E-state index < -0.39 is 0 Å². The molecule has 0 fully saturated rings. The van der Waals surface area contributed by atoms with E-state index in [2.05, 4.69) is 17.6 Å². The Bertz CT molecular complexity index is 734. The number of anilines is 1. The van der Waals surface area contributed by atoms with Crippen LogP contribution in [0.1, 0.15) is 64.0 Å². The van der Waals surface area contributed by atoms with Gasteiger partial charge in [-0.1, -0.05) is 69.4 Å². The van der Waals surface area contributed by atoms with Crippen LogP contribution >= 0.6 is 0 Å². The number of benzene rings is 2. The summed E-state index contributed by atoms with van der Waals surface area (Å²) in [5.41, 5.74) is 1.72. The lowest BCUT2D eigenvalue weighted by atomic mass is 10.1. The molecule has 0 bridgehead atoms. The fourth-order valence-corrected chi connectivity index (χ4v) is 3.12. The maximum Gasteiger partial charge on any atom is 0.319 e. The molecule has 29 heavy (non-hydrogen) atoms. The van der Waals surface area contributed by atoms with E-state index in [1.165, 1.54) is 32.1 Å². The molecule has 0 saturated heterocycles. The van der Waals surface area contributed by atoms with Crippen LogP contribution in [0.15, 0.2) is 48.5 Å². The van der Waals surface area contributed by atoms with Crippen molar-refractivity contribution < 1.29 is 14.3 Å². The standard InChI is InChI=1S/C24H34N2O3/c1-4-5-6-7-8-12-17-29-23-18-21(15-16-22(23)28-3)26-24(27)25-19(2)20-13-10-9-11-14-20/h9-11,13-16,18-19H,4-8,12,17H2,1-3H3,(H2,25,26,27)/t19-/m0/s1. The van der Waals surface area contributed by atoms with Crippen molar-refractivity contribution in [2.45, 2.75) is 58.4 Å². The second-order valence-corrected chi connectivity index (χ2v) is 7.21. The van der Waals surface area contributed by atoms with Crippen molar-refractivity contribution in [2.24, 2.45) is 0 Å². The molecule has 2 aromatic carbocycles. The zero-order valence-electron chi connectivity index (χ0n) is 17.9. The topological polar surface area (TPSA) is 59.6 Å². The Labute approximate surface area is 174 Å². The van der Waals surface area contributed by atoms with Crippen molar-refractivity contribution in [3.63, 3.8) is 0 Å². The summed E-state index contributed by atoms with van der Waals surface area (Å²) >= 11 is 0. The molecule has 5 heteroatoms. The van der Waals surface area contributed by atoms with Gasteiger partial charge in [-0.05, 0) is 31.0 Å². The first-order chi connectivity index (χ1) is 14.1. The lowest BCUT2D eigenvalue weighted by Crippen LogP contribution is -2.31. The van der Waals surface area contributed by atoms with E-state index in [0.29, 0.717) is 23.8 Å². The number of unbranched alkanes of at least 4 members (excludes halogenated alkanes) is 5. The third-order valence-corrected chi connectivity index (χ3v) is 4.82. The third kappa shape index (κ3) is 8.06. The van der Waals surface area contributed by atoms with Crippen LogP contribution in [0.5, 0.6) is 11.5 Å². The van der Waals surface area contributed by atoms with Crippen LogP contribution in [-0.2, 0) is 0 Å². The average molecular weight is 399 g/mol. The first-order valence-electron chi connectivity index (χ1n) is 10.6. The summed E-state index contributed by atoms with van der Waals surface area (Å²) in [4.78, 5) is 12.4. The highest BCUT2D eigenvalue weighted by atomic mass is 16.5. The number of methoxy groups -OCH3 is 1. The molecule has 5 nitrogen and oxygen atoms in total. The first-order valence-corrected chi connectivity index (χ1v) is 10.6. The van der Waals surface area contributed by atoms with Gasteiger partial charge in [-0.3, -0.25) is 0 Å². The summed E-state index contributed by atoms with van der Waals surface area (Å²) in [6.07, 6.45) is 7.27. The van der Waals surface area contributed by atoms with Gasteiger partial charge in [0, 0.05) is 11.8 Å². The summed E-state index contributed by atoms with van der Waals surface area (Å²) in [6, 6.07) is 15.0. The fourth-order valence-electron chi connectivity index (χ4n) is 3.12. The minimum absolute atomic E-state index is 0.0853. The van der Waals surface area contributed by atoms with Crippen LogP contribution in [0, 0.1) is 0 Å². The van der Waals surface area contributed by atoms with E-state index in [9.17, 15) is 4.79 Å². The van der Waals surface area contributed by atoms with E-state index in [1.807, 2.05) is 55.5 Å². The summed E-state index contributed by atoms with van der Waals surface area (Å²) in [7, 11) is 1.62. The molecule has 0 aromatic heterocycles. The molecular weight excluding hydrogens is 364 g/mol. The quantitative estimate of drug-likeness (QED) is 0.411. The maximum atomic E-state index is 12.4. The predicted molar refractivity (Wildman–Crippen MR) is 119 cm³/mol. The number of rotatable bonds is 12. The molecule has 1 atom stereocenters. The Morgan fingerprint density at radius 1 is 0.966 bits per heavy atom. The van der Waals surface area contributed by atoms with Gasteiger partial charge in [0.1, 0.15) is 0 Å². The molecule has 2 aromatic rings. The molecule has 0 aliphatic carbocycles. The lowest BCUT2D eigenvalue weighted by Gasteiger charge is -2.16. The molecule has 2 N–H and O–H groups in total. The maximum absolute atomic E-state index is 12.4. The first kappa shape index (κ1) is 22.6. The number of ether oxygens (including phenoxy) is 2. The van der Waals surface area contributed by atoms with Gasteiger partial charge in [0.05, 0.1) is 19.8 Å². The van der Waals surface area contributed by atoms with E-state index >= 15 is 0 Å². The Morgan fingerprint density at radius 2 is 1.69 bits per heavy atom. The Morgan fingerprint density at radius 3 is 2.41 bits per heavy atom. The third-order valence-electron chi connectivity index (χ3n) is 4.82. The zero-order chi connectivity index (χ0) is 20.9. The van der Waals surface area contributed by atoms with Crippen LogP contribution in [0.2, 0.25) is 0 Å². The second-order valence-electron chi connectivity index (χ2n) is 7.21. The smallest absolute Gasteiger partial charge is 0.319 e. The summed E-state index contributed by atoms with van der Waals surface area (Å²) in [5, 5.41) is 5.82. The molecule has 2 rings (SSSR count). The summed E-state index contributed by atoms with van der Waals surface area (Å²) < 4.78 is 11.3. The molecule has 0 spiro atoms. The van der Waals surface area contributed by atoms with E-state index in [0.717, 1.165) is 12.0 Å². The van der Waals surface area contributed by atoms with Crippen molar-refractivity contribution in [3.05, 3.63) is 54.1 Å². The molecule has 158 valence electrons. The molecule has 0 aliphatic rings. The number of urea groups is 1. The van der Waals surface area contributed by atoms with Crippen molar-refractivity contribution >= 4 is 11.7 Å². The van der Waals surface area contributed by atoms with Gasteiger partial charge in [-0.25, -0.2) is 4.79 Å². The highest BCUT2D eigenvalue weighted by Crippen LogP contribution is 2.30. The van der Waals surface area contributed by atoms with Gasteiger partial charge in [-0.2, -0.15) is 0 Å². The van der Waals surface area contributed by atoms with Gasteiger partial charge >= 0.3 is 6.03 Å². The normalized spacial score (nSPS) is 11.6. The van der Waals surface area contributed by atoms with Crippen molar-refractivity contribution in [1.82, 2.24) is 5.32 Å². The molecule has 0 saturated carbocycles. The SMILES string of the molecule is CCCCCCCCOc1cc(NC(=O)N[C@@H](C)c2ccccc2)ccc1OC. The summed E-state index contributed by atoms with van der Waals surface area (Å²) in [6.45, 7) is 4.82. The van der Waals surface area contributed by atoms with Crippen LogP contribution in [0.4, 0.5) is 10.5 Å². The minimum Gasteiger partial charge on any atom is -0.493 e. The van der Waals surface area contributed by atoms with Crippen LogP contribution < -0.4 is 20.1 Å². The number of nitrogens with one attached hydrogen (secondary N) is 2. The number of hydrogen-bond donors (Lipinski definition) is 2. The van der Waals surface area contributed by atoms with Gasteiger partial charge in [0.15, 0.2) is 11.5 Å².